The van der Waals surface area contributed by atoms with Gasteiger partial charge in [0.2, 0.25) is 10.0 Å². The van der Waals surface area contributed by atoms with Crippen molar-refractivity contribution >= 4 is 37.8 Å². The van der Waals surface area contributed by atoms with Crippen LogP contribution in [0.4, 0.5) is 13.2 Å². The van der Waals surface area contributed by atoms with Gasteiger partial charge in [0.25, 0.3) is 5.91 Å². The molecular formula is C20H29BrF3N3O5S. The highest BCUT2D eigenvalue weighted by Crippen LogP contribution is 2.14. The summed E-state index contributed by atoms with van der Waals surface area (Å²) in [7, 11) is -3.34. The second kappa shape index (κ2) is 13.9. The molecule has 0 radical (unpaired) electrons. The fourth-order valence-corrected chi connectivity index (χ4v) is 4.63. The fraction of sp³-hybridized carbons (Fsp3) is 0.600. The van der Waals surface area contributed by atoms with Gasteiger partial charge in [0.15, 0.2) is 0 Å². The number of hydrogen-bond acceptors (Lipinski definition) is 5. The molecule has 0 saturated carbocycles. The van der Waals surface area contributed by atoms with Crippen LogP contribution in [0.2, 0.25) is 0 Å². The Kier molecular flexibility index (Phi) is 12.3. The maximum atomic E-state index is 12.8. The van der Waals surface area contributed by atoms with Crippen LogP contribution in [0.25, 0.3) is 0 Å². The molecule has 1 aromatic carbocycles. The van der Waals surface area contributed by atoms with Gasteiger partial charge in [0.05, 0.1) is 5.75 Å². The monoisotopic (exact) mass is 559 g/mol. The van der Waals surface area contributed by atoms with Gasteiger partial charge in [-0.1, -0.05) is 35.7 Å². The van der Waals surface area contributed by atoms with E-state index in [1.807, 2.05) is 12.1 Å². The molecule has 1 aliphatic heterocycles. The number of amides is 1. The number of carbonyl (C=O) groups is 2. The number of nitrogens with one attached hydrogen (secondary N) is 1. The van der Waals surface area contributed by atoms with E-state index in [0.29, 0.717) is 38.3 Å². The molecule has 0 aliphatic carbocycles. The molecule has 1 amide bonds. The molecule has 0 spiro atoms. The molecule has 13 heteroatoms. The van der Waals surface area contributed by atoms with Crippen LogP contribution in [0.15, 0.2) is 28.7 Å². The minimum Gasteiger partial charge on any atom is -0.475 e. The lowest BCUT2D eigenvalue weighted by molar-refractivity contribution is -0.192. The third-order valence-corrected chi connectivity index (χ3v) is 7.12. The van der Waals surface area contributed by atoms with E-state index in [1.54, 1.807) is 17.0 Å². The highest BCUT2D eigenvalue weighted by atomic mass is 79.9. The average molecular weight is 560 g/mol. The first-order valence-electron chi connectivity index (χ1n) is 10.4. The van der Waals surface area contributed by atoms with Crippen molar-refractivity contribution in [3.8, 4) is 0 Å². The maximum Gasteiger partial charge on any atom is 0.490 e. The molecule has 1 heterocycles. The van der Waals surface area contributed by atoms with Crippen molar-refractivity contribution in [1.29, 1.82) is 0 Å². The van der Waals surface area contributed by atoms with E-state index in [1.165, 1.54) is 4.31 Å². The van der Waals surface area contributed by atoms with E-state index in [4.69, 9.17) is 9.90 Å². The van der Waals surface area contributed by atoms with E-state index >= 15 is 0 Å². The van der Waals surface area contributed by atoms with Gasteiger partial charge in [-0.05, 0) is 30.7 Å². The average Bonchev–Trinajstić information content (AvgIpc) is 2.76. The van der Waals surface area contributed by atoms with Gasteiger partial charge in [-0.15, -0.1) is 0 Å². The second-order valence-corrected chi connectivity index (χ2v) is 10.3. The largest absolute Gasteiger partial charge is 0.490 e. The number of piperazine rings is 1. The van der Waals surface area contributed by atoms with Gasteiger partial charge in [-0.2, -0.15) is 17.5 Å². The second-order valence-electron chi connectivity index (χ2n) is 7.27. The Hall–Kier alpha value is -1.70. The number of nitrogens with zero attached hydrogens (tertiary/aromatic N) is 2. The maximum absolute atomic E-state index is 12.8. The lowest BCUT2D eigenvalue weighted by atomic mass is 10.2. The summed E-state index contributed by atoms with van der Waals surface area (Å²) in [4.78, 5) is 23.4. The summed E-state index contributed by atoms with van der Waals surface area (Å²) < 4.78 is 59.3. The number of carbonyl (C=O) groups excluding carboxylic acids is 1. The summed E-state index contributed by atoms with van der Waals surface area (Å²) in [5, 5.41) is 10.3. The molecule has 1 fully saturated rings. The molecule has 8 nitrogen and oxygen atoms in total. The lowest BCUT2D eigenvalue weighted by Gasteiger charge is -2.28. The van der Waals surface area contributed by atoms with Crippen LogP contribution in [0.3, 0.4) is 0 Å². The Morgan fingerprint density at radius 2 is 1.67 bits per heavy atom. The van der Waals surface area contributed by atoms with Gasteiger partial charge in [-0.3, -0.25) is 4.79 Å². The highest BCUT2D eigenvalue weighted by molar-refractivity contribution is 9.10. The molecule has 1 aromatic rings. The Bertz CT molecular complexity index is 861. The number of carboxylic acid groups (broad SMARTS) is 1. The summed E-state index contributed by atoms with van der Waals surface area (Å²) in [6.07, 6.45) is -2.12. The molecule has 188 valence electrons. The minimum atomic E-state index is -5.08. The van der Waals surface area contributed by atoms with E-state index in [9.17, 15) is 26.4 Å². The normalized spacial score (nSPS) is 14.8. The Balaban J connectivity index is 0.000000675. The molecule has 0 atom stereocenters. The SMILES string of the molecule is CCCCCN(CCS(=O)(=O)N1CCNCC1)C(=O)c1ccc(Br)cc1.O=C(O)C(F)(F)F. The zero-order chi connectivity index (χ0) is 25.1. The van der Waals surface area contributed by atoms with Gasteiger partial charge in [0.1, 0.15) is 0 Å². The van der Waals surface area contributed by atoms with Crippen LogP contribution in [-0.4, -0.2) is 85.8 Å². The minimum absolute atomic E-state index is 0.0264. The Labute approximate surface area is 200 Å². The van der Waals surface area contributed by atoms with Crippen LogP contribution in [-0.2, 0) is 14.8 Å². The molecule has 1 aliphatic rings. The first kappa shape index (κ1) is 29.3. The van der Waals surface area contributed by atoms with Crippen molar-refractivity contribution in [1.82, 2.24) is 14.5 Å². The first-order valence-corrected chi connectivity index (χ1v) is 12.8. The number of sulfonamides is 1. The first-order chi connectivity index (χ1) is 15.4. The van der Waals surface area contributed by atoms with Crippen molar-refractivity contribution in [2.45, 2.75) is 32.4 Å². The smallest absolute Gasteiger partial charge is 0.475 e. The van der Waals surface area contributed by atoms with E-state index in [0.717, 1.165) is 23.7 Å². The number of unbranched alkanes of at least 4 members (excludes halogenated alkanes) is 2. The van der Waals surface area contributed by atoms with Crippen LogP contribution >= 0.6 is 15.9 Å². The number of hydrogen-bond donors (Lipinski definition) is 2. The van der Waals surface area contributed by atoms with Crippen molar-refractivity contribution in [2.24, 2.45) is 0 Å². The Morgan fingerprint density at radius 1 is 1.12 bits per heavy atom. The van der Waals surface area contributed by atoms with Gasteiger partial charge < -0.3 is 15.3 Å². The van der Waals surface area contributed by atoms with Crippen LogP contribution in [0, 0.1) is 0 Å². The molecule has 1 saturated heterocycles. The molecule has 0 aromatic heterocycles. The summed E-state index contributed by atoms with van der Waals surface area (Å²) in [5.41, 5.74) is 0.587. The van der Waals surface area contributed by atoms with Gasteiger partial charge in [0, 0.05) is 49.3 Å². The molecule has 0 unspecified atom stereocenters. The number of aliphatic carboxylic acids is 1. The summed E-state index contributed by atoms with van der Waals surface area (Å²) in [6, 6.07) is 7.19. The highest BCUT2D eigenvalue weighted by Gasteiger charge is 2.38. The van der Waals surface area contributed by atoms with E-state index in [2.05, 4.69) is 28.2 Å². The molecule has 33 heavy (non-hydrogen) atoms. The predicted molar refractivity (Wildman–Crippen MR) is 121 cm³/mol. The zero-order valence-electron chi connectivity index (χ0n) is 18.3. The van der Waals surface area contributed by atoms with Crippen LogP contribution < -0.4 is 5.32 Å². The quantitative estimate of drug-likeness (QED) is 0.450. The third-order valence-electron chi connectivity index (χ3n) is 4.74. The zero-order valence-corrected chi connectivity index (χ0v) is 20.7. The summed E-state index contributed by atoms with van der Waals surface area (Å²) in [5.74, 6) is -2.89. The lowest BCUT2D eigenvalue weighted by Crippen LogP contribution is -2.48. The predicted octanol–water partition coefficient (Wildman–Crippen LogP) is 2.95. The standard InChI is InChI=1S/C18H28BrN3O3S.C2HF3O2/c1-2-3-4-11-21(18(23)16-5-7-17(19)8-6-16)14-15-26(24,25)22-12-9-20-10-13-22;3-2(4,5)1(6)7/h5-8,20H,2-4,9-15H2,1H3;(H,6,7). The number of halogens is 4. The molecule has 0 bridgehead atoms. The van der Waals surface area contributed by atoms with Crippen molar-refractivity contribution in [3.63, 3.8) is 0 Å². The summed E-state index contributed by atoms with van der Waals surface area (Å²) >= 11 is 3.37. The van der Waals surface area contributed by atoms with Crippen LogP contribution in [0.5, 0.6) is 0 Å². The number of carboxylic acids is 1. The van der Waals surface area contributed by atoms with E-state index in [-0.39, 0.29) is 18.2 Å². The van der Waals surface area contributed by atoms with Crippen molar-refractivity contribution in [3.05, 3.63) is 34.3 Å². The van der Waals surface area contributed by atoms with Crippen molar-refractivity contribution in [2.75, 3.05) is 45.0 Å². The molecular weight excluding hydrogens is 531 g/mol. The number of alkyl halides is 3. The molecule has 2 rings (SSSR count). The Morgan fingerprint density at radius 3 is 2.15 bits per heavy atom. The van der Waals surface area contributed by atoms with E-state index < -0.39 is 22.2 Å². The van der Waals surface area contributed by atoms with Gasteiger partial charge in [-0.25, -0.2) is 13.2 Å². The van der Waals surface area contributed by atoms with Gasteiger partial charge >= 0.3 is 12.1 Å². The van der Waals surface area contributed by atoms with Crippen molar-refractivity contribution < 1.29 is 36.3 Å². The fourth-order valence-electron chi connectivity index (χ4n) is 2.92. The molecule has 2 N–H and O–H groups in total. The number of rotatable bonds is 9. The number of benzene rings is 1. The topological polar surface area (TPSA) is 107 Å². The van der Waals surface area contributed by atoms with Crippen LogP contribution in [0.1, 0.15) is 36.5 Å². The third kappa shape index (κ3) is 10.8. The summed E-state index contributed by atoms with van der Waals surface area (Å²) in [6.45, 7) is 5.27.